The summed E-state index contributed by atoms with van der Waals surface area (Å²) in [6.07, 6.45) is -3.89. The van der Waals surface area contributed by atoms with Crippen LogP contribution >= 0.6 is 23.2 Å². The van der Waals surface area contributed by atoms with E-state index in [-0.39, 0.29) is 26.9 Å². The normalized spacial score (nSPS) is 19.4. The van der Waals surface area contributed by atoms with Crippen molar-refractivity contribution >= 4 is 34.9 Å². The summed E-state index contributed by atoms with van der Waals surface area (Å²) >= 11 is 11.7. The van der Waals surface area contributed by atoms with Crippen LogP contribution in [0.5, 0.6) is 0 Å². The summed E-state index contributed by atoms with van der Waals surface area (Å²) in [5.74, 6) is -0.552. The molecule has 142 valence electrons. The zero-order valence-electron chi connectivity index (χ0n) is 13.7. The van der Waals surface area contributed by atoms with Gasteiger partial charge < -0.3 is 4.74 Å². The molecule has 0 saturated heterocycles. The van der Waals surface area contributed by atoms with Crippen LogP contribution in [-0.2, 0) is 15.2 Å². The second-order valence-electron chi connectivity index (χ2n) is 5.72. The van der Waals surface area contributed by atoms with Crippen LogP contribution < -0.4 is 5.48 Å². The molecule has 1 aliphatic heterocycles. The molecule has 0 fully saturated rings. The molecule has 0 amide bonds. The van der Waals surface area contributed by atoms with Gasteiger partial charge in [-0.25, -0.2) is 4.79 Å². The summed E-state index contributed by atoms with van der Waals surface area (Å²) in [6.45, 7) is 0. The van der Waals surface area contributed by atoms with Gasteiger partial charge in [0.25, 0.3) is 0 Å². The average Bonchev–Trinajstić information content (AvgIpc) is 3.07. The predicted octanol–water partition coefficient (Wildman–Crippen LogP) is 5.11. The number of nitrogens with one attached hydrogen (secondary N) is 1. The molecule has 0 radical (unpaired) electrons. The van der Waals surface area contributed by atoms with E-state index in [0.29, 0.717) is 5.56 Å². The first kappa shape index (κ1) is 19.5. The molecule has 9 heteroatoms. The Morgan fingerprint density at radius 1 is 1.11 bits per heavy atom. The first-order valence-corrected chi connectivity index (χ1v) is 8.31. The molecule has 1 N–H and O–H groups in total. The van der Waals surface area contributed by atoms with Crippen molar-refractivity contribution in [3.63, 3.8) is 0 Å². The minimum atomic E-state index is -4.79. The Bertz CT molecular complexity index is 893. The minimum Gasteiger partial charge on any atom is -0.465 e. The maximum absolute atomic E-state index is 13.9. The Kier molecular flexibility index (Phi) is 5.12. The highest BCUT2D eigenvalue weighted by molar-refractivity contribution is 6.34. The van der Waals surface area contributed by atoms with Crippen molar-refractivity contribution in [2.45, 2.75) is 11.8 Å². The third-order valence-electron chi connectivity index (χ3n) is 4.00. The number of alkyl halides is 3. The highest BCUT2D eigenvalue weighted by atomic mass is 35.5. The van der Waals surface area contributed by atoms with Crippen LogP contribution in [-0.4, -0.2) is 19.3 Å². The SMILES string of the molecule is COC(=O)c1ccc(C2=CC(c3cc(Cl)cc(Cl)c3)(C(F)(F)F)ON2)cc1. The number of hydrogen-bond acceptors (Lipinski definition) is 4. The summed E-state index contributed by atoms with van der Waals surface area (Å²) in [4.78, 5) is 16.5. The maximum atomic E-state index is 13.9. The van der Waals surface area contributed by atoms with Gasteiger partial charge >= 0.3 is 12.1 Å². The molecule has 0 spiro atoms. The highest BCUT2D eigenvalue weighted by Crippen LogP contribution is 2.48. The standard InChI is InChI=1S/C18H12Cl2F3NO3/c1-26-16(25)11-4-2-10(3-5-11)15-9-17(27-24-15,18(21,22)23)12-6-13(19)8-14(20)7-12/h2-9,24H,1H3. The largest absolute Gasteiger partial charge is 0.465 e. The van der Waals surface area contributed by atoms with Gasteiger partial charge in [0.15, 0.2) is 0 Å². The lowest BCUT2D eigenvalue weighted by Crippen LogP contribution is -2.42. The Hall–Kier alpha value is -2.22. The van der Waals surface area contributed by atoms with Crippen molar-refractivity contribution in [2.24, 2.45) is 0 Å². The lowest BCUT2D eigenvalue weighted by molar-refractivity contribution is -0.269. The van der Waals surface area contributed by atoms with Crippen LogP contribution in [0.3, 0.4) is 0 Å². The fourth-order valence-corrected chi connectivity index (χ4v) is 3.18. The molecular formula is C18H12Cl2F3NO3. The van der Waals surface area contributed by atoms with E-state index in [1.165, 1.54) is 37.4 Å². The molecule has 27 heavy (non-hydrogen) atoms. The van der Waals surface area contributed by atoms with E-state index in [0.717, 1.165) is 18.2 Å². The number of benzene rings is 2. The number of carbonyl (C=O) groups is 1. The van der Waals surface area contributed by atoms with Gasteiger partial charge in [-0.1, -0.05) is 35.3 Å². The zero-order valence-corrected chi connectivity index (χ0v) is 15.2. The molecule has 1 aliphatic rings. The first-order valence-electron chi connectivity index (χ1n) is 7.55. The minimum absolute atomic E-state index is 0.0500. The summed E-state index contributed by atoms with van der Waals surface area (Å²) < 4.78 is 46.3. The molecule has 1 unspecified atom stereocenters. The Morgan fingerprint density at radius 2 is 1.70 bits per heavy atom. The molecule has 2 aromatic carbocycles. The third kappa shape index (κ3) is 3.63. The second kappa shape index (κ2) is 7.07. The molecule has 0 bridgehead atoms. The average molecular weight is 418 g/mol. The Balaban J connectivity index is 2.05. The Morgan fingerprint density at radius 3 is 2.22 bits per heavy atom. The molecule has 0 saturated carbocycles. The molecule has 0 aliphatic carbocycles. The number of esters is 1. The Labute approximate surface area is 162 Å². The molecule has 0 aromatic heterocycles. The summed E-state index contributed by atoms with van der Waals surface area (Å²) in [5, 5.41) is 0.100. The number of hydrogen-bond donors (Lipinski definition) is 1. The van der Waals surface area contributed by atoms with Gasteiger partial charge in [-0.3, -0.25) is 10.3 Å². The van der Waals surface area contributed by atoms with Crippen LogP contribution in [0.4, 0.5) is 13.2 Å². The smallest absolute Gasteiger partial charge is 0.428 e. The molecule has 1 heterocycles. The second-order valence-corrected chi connectivity index (χ2v) is 6.60. The number of hydroxylamine groups is 1. The van der Waals surface area contributed by atoms with Crippen molar-refractivity contribution in [1.29, 1.82) is 0 Å². The van der Waals surface area contributed by atoms with E-state index in [4.69, 9.17) is 28.0 Å². The van der Waals surface area contributed by atoms with Gasteiger partial charge in [0, 0.05) is 15.6 Å². The van der Waals surface area contributed by atoms with Crippen molar-refractivity contribution in [1.82, 2.24) is 5.48 Å². The number of carbonyl (C=O) groups excluding carboxylic acids is 1. The van der Waals surface area contributed by atoms with Gasteiger partial charge in [-0.2, -0.15) is 13.2 Å². The quantitative estimate of drug-likeness (QED) is 0.704. The first-order chi connectivity index (χ1) is 12.7. The highest BCUT2D eigenvalue weighted by Gasteiger charge is 2.59. The van der Waals surface area contributed by atoms with Crippen LogP contribution in [0.25, 0.3) is 5.70 Å². The molecular weight excluding hydrogens is 406 g/mol. The van der Waals surface area contributed by atoms with E-state index in [1.54, 1.807) is 0 Å². The predicted molar refractivity (Wildman–Crippen MR) is 94.2 cm³/mol. The van der Waals surface area contributed by atoms with E-state index in [1.807, 2.05) is 0 Å². The summed E-state index contributed by atoms with van der Waals surface area (Å²) in [6, 6.07) is 9.44. The lowest BCUT2D eigenvalue weighted by Gasteiger charge is -2.28. The van der Waals surface area contributed by atoms with E-state index < -0.39 is 17.7 Å². The molecule has 3 rings (SSSR count). The van der Waals surface area contributed by atoms with Crippen LogP contribution in [0, 0.1) is 0 Å². The molecule has 1 atom stereocenters. The molecule has 2 aromatic rings. The van der Waals surface area contributed by atoms with Crippen molar-refractivity contribution in [3.05, 3.63) is 75.3 Å². The van der Waals surface area contributed by atoms with E-state index in [2.05, 4.69) is 10.2 Å². The van der Waals surface area contributed by atoms with Crippen molar-refractivity contribution in [3.8, 4) is 0 Å². The number of ether oxygens (including phenoxy) is 1. The number of rotatable bonds is 3. The fourth-order valence-electron chi connectivity index (χ4n) is 2.66. The van der Waals surface area contributed by atoms with Crippen LogP contribution in [0.15, 0.2) is 48.5 Å². The fraction of sp³-hybridized carbons (Fsp3) is 0.167. The molecule has 4 nitrogen and oxygen atoms in total. The van der Waals surface area contributed by atoms with Gasteiger partial charge in [0.05, 0.1) is 18.4 Å². The summed E-state index contributed by atoms with van der Waals surface area (Å²) in [5.41, 5.74) is 0.0223. The van der Waals surface area contributed by atoms with Gasteiger partial charge in [-0.15, -0.1) is 0 Å². The van der Waals surface area contributed by atoms with Crippen LogP contribution in [0.1, 0.15) is 21.5 Å². The lowest BCUT2D eigenvalue weighted by atomic mass is 9.91. The van der Waals surface area contributed by atoms with Gasteiger partial charge in [0.1, 0.15) is 0 Å². The van der Waals surface area contributed by atoms with Gasteiger partial charge in [-0.05, 0) is 42.0 Å². The van der Waals surface area contributed by atoms with E-state index >= 15 is 0 Å². The van der Waals surface area contributed by atoms with Crippen molar-refractivity contribution in [2.75, 3.05) is 7.11 Å². The van der Waals surface area contributed by atoms with Crippen molar-refractivity contribution < 1.29 is 27.5 Å². The number of halogens is 5. The summed E-state index contributed by atoms with van der Waals surface area (Å²) in [7, 11) is 1.24. The third-order valence-corrected chi connectivity index (χ3v) is 4.44. The van der Waals surface area contributed by atoms with Crippen LogP contribution in [0.2, 0.25) is 10.0 Å². The topological polar surface area (TPSA) is 47.6 Å². The number of methoxy groups -OCH3 is 1. The zero-order chi connectivity index (χ0) is 19.8. The maximum Gasteiger partial charge on any atom is 0.428 e. The van der Waals surface area contributed by atoms with E-state index in [9.17, 15) is 18.0 Å². The monoisotopic (exact) mass is 417 g/mol. The van der Waals surface area contributed by atoms with Gasteiger partial charge in [0.2, 0.25) is 5.60 Å².